The van der Waals surface area contributed by atoms with E-state index in [0.717, 1.165) is 16.5 Å². The van der Waals surface area contributed by atoms with Gasteiger partial charge >= 0.3 is 11.6 Å². The van der Waals surface area contributed by atoms with Crippen molar-refractivity contribution >= 4 is 33.4 Å². The van der Waals surface area contributed by atoms with Crippen LogP contribution in [0.4, 0.5) is 5.69 Å². The second kappa shape index (κ2) is 7.08. The molecule has 0 aliphatic rings. The van der Waals surface area contributed by atoms with E-state index in [1.807, 2.05) is 12.1 Å². The second-order valence-corrected chi connectivity index (χ2v) is 6.30. The molecule has 0 bridgehead atoms. The van der Waals surface area contributed by atoms with Crippen LogP contribution in [0.25, 0.3) is 21.7 Å². The highest BCUT2D eigenvalue weighted by atomic mass is 16.5. The Labute approximate surface area is 160 Å². The number of nitrogens with one attached hydrogen (secondary N) is 1. The Morgan fingerprint density at radius 3 is 2.43 bits per heavy atom. The molecule has 6 heteroatoms. The summed E-state index contributed by atoms with van der Waals surface area (Å²) in [5, 5.41) is 15.5. The van der Waals surface area contributed by atoms with Crippen LogP contribution in [-0.4, -0.2) is 18.2 Å². The Kier molecular flexibility index (Phi) is 4.45. The van der Waals surface area contributed by atoms with Crippen molar-refractivity contribution in [3.8, 4) is 5.75 Å². The second-order valence-electron chi connectivity index (χ2n) is 6.30. The van der Waals surface area contributed by atoms with E-state index in [-0.39, 0.29) is 12.3 Å². The number of phenols is 1. The highest BCUT2D eigenvalue weighted by Crippen LogP contribution is 2.31. The number of carbonyl (C=O) groups is 1. The maximum Gasteiger partial charge on any atom is 0.344 e. The molecule has 4 aromatic rings. The van der Waals surface area contributed by atoms with Crippen LogP contribution in [-0.2, 0) is 11.3 Å². The summed E-state index contributed by atoms with van der Waals surface area (Å²) in [7, 11) is 1.33. The summed E-state index contributed by atoms with van der Waals surface area (Å²) in [4.78, 5) is 23.9. The number of phenolic OH excluding ortho intramolecular Hbond substituents is 1. The third kappa shape index (κ3) is 3.05. The van der Waals surface area contributed by atoms with Crippen LogP contribution in [0.3, 0.4) is 0 Å². The summed E-state index contributed by atoms with van der Waals surface area (Å²) >= 11 is 0. The molecule has 0 fully saturated rings. The molecule has 0 aliphatic heterocycles. The SMILES string of the molecule is COC(=O)c1ccc(NCc2c(O)ccc3c2oc(=O)c2ccccc23)cc1. The van der Waals surface area contributed by atoms with Gasteiger partial charge in [-0.25, -0.2) is 9.59 Å². The number of rotatable bonds is 4. The Bertz CT molecular complexity index is 1240. The molecular formula is C22H17NO5. The van der Waals surface area contributed by atoms with Crippen molar-refractivity contribution < 1.29 is 19.1 Å². The molecule has 0 aliphatic carbocycles. The van der Waals surface area contributed by atoms with Gasteiger partial charge in [0.05, 0.1) is 23.6 Å². The molecule has 3 aromatic carbocycles. The third-order valence-corrected chi connectivity index (χ3v) is 4.64. The number of ether oxygens (including phenoxy) is 1. The maximum atomic E-state index is 12.3. The number of aromatic hydroxyl groups is 1. The van der Waals surface area contributed by atoms with Gasteiger partial charge in [-0.05, 0) is 47.9 Å². The molecule has 28 heavy (non-hydrogen) atoms. The van der Waals surface area contributed by atoms with Gasteiger partial charge in [0.2, 0.25) is 0 Å². The van der Waals surface area contributed by atoms with Crippen molar-refractivity contribution in [2.75, 3.05) is 12.4 Å². The molecule has 6 nitrogen and oxygen atoms in total. The normalized spacial score (nSPS) is 10.9. The van der Waals surface area contributed by atoms with Crippen LogP contribution >= 0.6 is 0 Å². The lowest BCUT2D eigenvalue weighted by atomic mass is 10.0. The number of fused-ring (bicyclic) bond motifs is 3. The average Bonchev–Trinajstić information content (AvgIpc) is 2.73. The first-order valence-corrected chi connectivity index (χ1v) is 8.67. The zero-order chi connectivity index (χ0) is 19.7. The zero-order valence-electron chi connectivity index (χ0n) is 15.1. The summed E-state index contributed by atoms with van der Waals surface area (Å²) in [6.45, 7) is 0.238. The van der Waals surface area contributed by atoms with Crippen LogP contribution in [0.1, 0.15) is 15.9 Å². The fourth-order valence-electron chi connectivity index (χ4n) is 3.19. The molecule has 0 saturated heterocycles. The molecular weight excluding hydrogens is 358 g/mol. The number of hydrogen-bond donors (Lipinski definition) is 2. The molecule has 1 heterocycles. The Morgan fingerprint density at radius 1 is 1.00 bits per heavy atom. The molecule has 0 atom stereocenters. The molecule has 4 rings (SSSR count). The van der Waals surface area contributed by atoms with Crippen LogP contribution < -0.4 is 10.9 Å². The first kappa shape index (κ1) is 17.6. The molecule has 140 valence electrons. The quantitative estimate of drug-likeness (QED) is 0.318. The van der Waals surface area contributed by atoms with Crippen molar-refractivity contribution in [2.24, 2.45) is 0 Å². The minimum Gasteiger partial charge on any atom is -0.507 e. The number of methoxy groups -OCH3 is 1. The van der Waals surface area contributed by atoms with Gasteiger partial charge in [0.15, 0.2) is 0 Å². The van der Waals surface area contributed by atoms with Crippen molar-refractivity contribution in [1.82, 2.24) is 0 Å². The van der Waals surface area contributed by atoms with Crippen molar-refractivity contribution in [1.29, 1.82) is 0 Å². The first-order chi connectivity index (χ1) is 13.6. The van der Waals surface area contributed by atoms with Crippen molar-refractivity contribution in [3.63, 3.8) is 0 Å². The van der Waals surface area contributed by atoms with Gasteiger partial charge in [-0.3, -0.25) is 0 Å². The standard InChI is InChI=1S/C22H17NO5/c1-27-21(25)13-6-8-14(9-7-13)23-12-18-19(24)11-10-16-15-4-2-3-5-17(15)22(26)28-20(16)18/h2-11,23-24H,12H2,1H3. The summed E-state index contributed by atoms with van der Waals surface area (Å²) in [5.74, 6) is -0.378. The largest absolute Gasteiger partial charge is 0.507 e. The fraction of sp³-hybridized carbons (Fsp3) is 0.0909. The number of esters is 1. The Balaban J connectivity index is 1.71. The topological polar surface area (TPSA) is 88.8 Å². The Hall–Kier alpha value is -3.80. The minimum atomic E-state index is -0.447. The van der Waals surface area contributed by atoms with Gasteiger partial charge in [-0.1, -0.05) is 18.2 Å². The lowest BCUT2D eigenvalue weighted by Gasteiger charge is -2.12. The number of carbonyl (C=O) groups excluding carboxylic acids is 1. The average molecular weight is 375 g/mol. The predicted molar refractivity (Wildman–Crippen MR) is 107 cm³/mol. The molecule has 0 amide bonds. The molecule has 1 aromatic heterocycles. The van der Waals surface area contributed by atoms with Gasteiger partial charge in [0, 0.05) is 17.6 Å². The minimum absolute atomic E-state index is 0.0320. The fourth-order valence-corrected chi connectivity index (χ4v) is 3.19. The van der Waals surface area contributed by atoms with E-state index in [1.54, 1.807) is 48.5 Å². The number of hydrogen-bond acceptors (Lipinski definition) is 6. The predicted octanol–water partition coefficient (Wildman–Crippen LogP) is 4.05. The summed E-state index contributed by atoms with van der Waals surface area (Å²) in [6, 6.07) is 17.3. The molecule has 0 spiro atoms. The summed E-state index contributed by atoms with van der Waals surface area (Å²) < 4.78 is 10.2. The highest BCUT2D eigenvalue weighted by molar-refractivity contribution is 6.05. The van der Waals surface area contributed by atoms with Gasteiger partial charge < -0.3 is 19.6 Å². The van der Waals surface area contributed by atoms with Crippen LogP contribution in [0.2, 0.25) is 0 Å². The van der Waals surface area contributed by atoms with Crippen molar-refractivity contribution in [3.05, 3.63) is 82.2 Å². The zero-order valence-corrected chi connectivity index (χ0v) is 15.1. The first-order valence-electron chi connectivity index (χ1n) is 8.67. The number of anilines is 1. The van der Waals surface area contributed by atoms with E-state index >= 15 is 0 Å². The molecule has 0 saturated carbocycles. The van der Waals surface area contributed by atoms with E-state index in [0.29, 0.717) is 22.1 Å². The van der Waals surface area contributed by atoms with Gasteiger partial charge in [-0.15, -0.1) is 0 Å². The molecule has 0 radical (unpaired) electrons. The monoisotopic (exact) mass is 375 g/mol. The summed E-state index contributed by atoms with van der Waals surface area (Å²) in [6.07, 6.45) is 0. The van der Waals surface area contributed by atoms with Crippen LogP contribution in [0.15, 0.2) is 69.9 Å². The van der Waals surface area contributed by atoms with E-state index in [9.17, 15) is 14.7 Å². The lowest BCUT2D eigenvalue weighted by Crippen LogP contribution is -2.05. The maximum absolute atomic E-state index is 12.3. The van der Waals surface area contributed by atoms with Gasteiger partial charge in [-0.2, -0.15) is 0 Å². The Morgan fingerprint density at radius 2 is 1.71 bits per heavy atom. The van der Waals surface area contributed by atoms with E-state index in [1.165, 1.54) is 7.11 Å². The van der Waals surface area contributed by atoms with Crippen LogP contribution in [0, 0.1) is 0 Å². The van der Waals surface area contributed by atoms with E-state index in [2.05, 4.69) is 10.1 Å². The van der Waals surface area contributed by atoms with E-state index < -0.39 is 11.6 Å². The summed E-state index contributed by atoms with van der Waals surface area (Å²) in [5.41, 5.74) is 1.57. The molecule has 0 unspecified atom stereocenters. The number of benzene rings is 3. The third-order valence-electron chi connectivity index (χ3n) is 4.64. The van der Waals surface area contributed by atoms with Crippen LogP contribution in [0.5, 0.6) is 5.75 Å². The highest BCUT2D eigenvalue weighted by Gasteiger charge is 2.14. The van der Waals surface area contributed by atoms with Gasteiger partial charge in [0.1, 0.15) is 11.3 Å². The van der Waals surface area contributed by atoms with E-state index in [4.69, 9.17) is 4.42 Å². The van der Waals surface area contributed by atoms with Crippen molar-refractivity contribution in [2.45, 2.75) is 6.54 Å². The smallest absolute Gasteiger partial charge is 0.344 e. The molecule has 2 N–H and O–H groups in total. The lowest BCUT2D eigenvalue weighted by molar-refractivity contribution is 0.0601. The van der Waals surface area contributed by atoms with Gasteiger partial charge in [0.25, 0.3) is 0 Å².